The van der Waals surface area contributed by atoms with Crippen LogP contribution in [0.1, 0.15) is 28.7 Å². The van der Waals surface area contributed by atoms with Crippen LogP contribution in [0.3, 0.4) is 0 Å². The highest BCUT2D eigenvalue weighted by atomic mass is 127. The van der Waals surface area contributed by atoms with Crippen molar-refractivity contribution in [2.45, 2.75) is 33.9 Å². The molecular formula is C18H22FIN4O2. The zero-order valence-corrected chi connectivity index (χ0v) is 17.5. The molecule has 0 aliphatic heterocycles. The predicted octanol–water partition coefficient (Wildman–Crippen LogP) is 3.97. The van der Waals surface area contributed by atoms with Crippen molar-refractivity contribution in [1.82, 2.24) is 15.6 Å². The average Bonchev–Trinajstić information content (AvgIpc) is 3.08. The van der Waals surface area contributed by atoms with Gasteiger partial charge >= 0.3 is 0 Å². The highest BCUT2D eigenvalue weighted by Crippen LogP contribution is 2.25. The molecule has 8 heteroatoms. The van der Waals surface area contributed by atoms with Gasteiger partial charge in [0.25, 0.3) is 0 Å². The van der Waals surface area contributed by atoms with Crippen LogP contribution in [0, 0.1) is 26.6 Å². The molecule has 6 nitrogen and oxygen atoms in total. The molecule has 0 spiro atoms. The van der Waals surface area contributed by atoms with Gasteiger partial charge in [0.15, 0.2) is 5.96 Å². The van der Waals surface area contributed by atoms with Gasteiger partial charge in [-0.25, -0.2) is 9.37 Å². The number of oxazole rings is 1. The maximum Gasteiger partial charge on any atom is 0.214 e. The lowest BCUT2D eigenvalue weighted by Gasteiger charge is -2.09. The molecule has 0 bridgehead atoms. The molecule has 0 radical (unpaired) electrons. The number of aromatic nitrogens is 1. The van der Waals surface area contributed by atoms with Crippen molar-refractivity contribution < 1.29 is 13.2 Å². The summed E-state index contributed by atoms with van der Waals surface area (Å²) in [6.07, 6.45) is 0. The van der Waals surface area contributed by atoms with Crippen LogP contribution in [-0.2, 0) is 13.1 Å². The molecule has 140 valence electrons. The third kappa shape index (κ3) is 4.35. The molecule has 2 heterocycles. The molecule has 2 N–H and O–H groups in total. The number of nitrogens with zero attached hydrogens (tertiary/aromatic N) is 2. The van der Waals surface area contributed by atoms with Gasteiger partial charge in [-0.2, -0.15) is 0 Å². The minimum atomic E-state index is -0.273. The van der Waals surface area contributed by atoms with E-state index in [1.165, 1.54) is 12.1 Å². The Labute approximate surface area is 168 Å². The van der Waals surface area contributed by atoms with Gasteiger partial charge in [-0.05, 0) is 39.0 Å². The maximum absolute atomic E-state index is 13.4. The Morgan fingerprint density at radius 1 is 1.15 bits per heavy atom. The Morgan fingerprint density at radius 3 is 2.54 bits per heavy atom. The molecule has 0 fully saturated rings. The summed E-state index contributed by atoms with van der Waals surface area (Å²) < 4.78 is 24.7. The monoisotopic (exact) mass is 472 g/mol. The van der Waals surface area contributed by atoms with E-state index in [1.807, 2.05) is 20.8 Å². The van der Waals surface area contributed by atoms with E-state index in [-0.39, 0.29) is 29.8 Å². The smallest absolute Gasteiger partial charge is 0.214 e. The number of halogens is 2. The van der Waals surface area contributed by atoms with E-state index in [9.17, 15) is 4.39 Å². The quantitative estimate of drug-likeness (QED) is 0.342. The first-order valence-electron chi connectivity index (χ1n) is 8.03. The summed E-state index contributed by atoms with van der Waals surface area (Å²) in [4.78, 5) is 8.49. The first-order chi connectivity index (χ1) is 12.0. The number of aliphatic imine (C=N–C) groups is 1. The van der Waals surface area contributed by atoms with Gasteiger partial charge in [-0.3, -0.25) is 4.99 Å². The third-order valence-electron chi connectivity index (χ3n) is 4.12. The molecule has 0 amide bonds. The molecule has 3 rings (SSSR count). The van der Waals surface area contributed by atoms with Gasteiger partial charge in [0.1, 0.15) is 22.9 Å². The van der Waals surface area contributed by atoms with E-state index in [0.717, 1.165) is 28.2 Å². The first-order valence-corrected chi connectivity index (χ1v) is 8.03. The van der Waals surface area contributed by atoms with Crippen molar-refractivity contribution in [3.8, 4) is 0 Å². The van der Waals surface area contributed by atoms with E-state index in [1.54, 1.807) is 13.1 Å². The molecular weight excluding hydrogens is 450 g/mol. The molecule has 26 heavy (non-hydrogen) atoms. The second kappa shape index (κ2) is 8.52. The third-order valence-corrected chi connectivity index (χ3v) is 4.12. The summed E-state index contributed by atoms with van der Waals surface area (Å²) in [5.41, 5.74) is 2.46. The highest BCUT2D eigenvalue weighted by molar-refractivity contribution is 14.0. The van der Waals surface area contributed by atoms with E-state index < -0.39 is 0 Å². The molecule has 0 atom stereocenters. The van der Waals surface area contributed by atoms with Crippen LogP contribution in [0.15, 0.2) is 32.0 Å². The number of hydrogen-bond acceptors (Lipinski definition) is 4. The fourth-order valence-electron chi connectivity index (χ4n) is 2.57. The number of nitrogens with one attached hydrogen (secondary N) is 2. The Morgan fingerprint density at radius 2 is 1.88 bits per heavy atom. The number of fused-ring (bicyclic) bond motifs is 1. The number of aryl methyl sites for hydroxylation is 3. The summed E-state index contributed by atoms with van der Waals surface area (Å²) >= 11 is 0. The number of benzene rings is 1. The Kier molecular flexibility index (Phi) is 6.63. The normalized spacial score (nSPS) is 11.5. The Bertz CT molecular complexity index is 913. The second-order valence-electron chi connectivity index (χ2n) is 5.82. The van der Waals surface area contributed by atoms with Gasteiger partial charge in [0, 0.05) is 18.0 Å². The Balaban J connectivity index is 0.00000243. The van der Waals surface area contributed by atoms with Crippen molar-refractivity contribution in [2.24, 2.45) is 4.99 Å². The van der Waals surface area contributed by atoms with Crippen molar-refractivity contribution >= 4 is 40.9 Å². The standard InChI is InChI=1S/C18H21FN4O2.HI/c1-10-14-7-13(19)5-6-15(14)25-16(10)8-21-18(20-4)22-9-17-23-11(2)12(3)24-17;/h5-7H,8-9H2,1-4H3,(H2,20,21,22);1H. The summed E-state index contributed by atoms with van der Waals surface area (Å²) in [5, 5.41) is 7.10. The number of furan rings is 1. The van der Waals surface area contributed by atoms with E-state index in [0.29, 0.717) is 30.5 Å². The second-order valence-corrected chi connectivity index (χ2v) is 5.82. The summed E-state index contributed by atoms with van der Waals surface area (Å²) in [6.45, 7) is 6.57. The van der Waals surface area contributed by atoms with Crippen LogP contribution in [-0.4, -0.2) is 18.0 Å². The summed E-state index contributed by atoms with van der Waals surface area (Å²) in [5.74, 6) is 2.48. The fourth-order valence-corrected chi connectivity index (χ4v) is 2.57. The lowest BCUT2D eigenvalue weighted by molar-refractivity contribution is 0.463. The SMILES string of the molecule is CN=C(NCc1nc(C)c(C)o1)NCc1oc2ccc(F)cc2c1C.I. The summed E-state index contributed by atoms with van der Waals surface area (Å²) in [6, 6.07) is 4.52. The molecule has 0 unspecified atom stereocenters. The minimum absolute atomic E-state index is 0. The van der Waals surface area contributed by atoms with Crippen LogP contribution in [0.4, 0.5) is 4.39 Å². The Hall–Kier alpha value is -2.10. The number of hydrogen-bond donors (Lipinski definition) is 2. The van der Waals surface area contributed by atoms with Crippen LogP contribution in [0.5, 0.6) is 0 Å². The molecule has 2 aromatic heterocycles. The number of guanidine groups is 1. The van der Waals surface area contributed by atoms with Crippen LogP contribution < -0.4 is 10.6 Å². The molecule has 0 saturated carbocycles. The molecule has 3 aromatic rings. The largest absolute Gasteiger partial charge is 0.459 e. The fraction of sp³-hybridized carbons (Fsp3) is 0.333. The first kappa shape index (κ1) is 20.2. The van der Waals surface area contributed by atoms with Gasteiger partial charge in [-0.1, -0.05) is 0 Å². The van der Waals surface area contributed by atoms with E-state index >= 15 is 0 Å². The molecule has 0 aliphatic carbocycles. The van der Waals surface area contributed by atoms with Crippen molar-refractivity contribution in [3.05, 3.63) is 52.7 Å². The molecule has 0 aliphatic rings. The number of rotatable bonds is 4. The maximum atomic E-state index is 13.4. The lowest BCUT2D eigenvalue weighted by atomic mass is 10.1. The summed E-state index contributed by atoms with van der Waals surface area (Å²) in [7, 11) is 1.68. The average molecular weight is 472 g/mol. The predicted molar refractivity (Wildman–Crippen MR) is 109 cm³/mol. The zero-order chi connectivity index (χ0) is 18.0. The zero-order valence-electron chi connectivity index (χ0n) is 15.1. The van der Waals surface area contributed by atoms with E-state index in [2.05, 4.69) is 20.6 Å². The topological polar surface area (TPSA) is 75.6 Å². The lowest BCUT2D eigenvalue weighted by Crippen LogP contribution is -2.36. The highest BCUT2D eigenvalue weighted by Gasteiger charge is 2.12. The molecule has 1 aromatic carbocycles. The van der Waals surface area contributed by atoms with Gasteiger partial charge in [-0.15, -0.1) is 24.0 Å². The van der Waals surface area contributed by atoms with Crippen molar-refractivity contribution in [1.29, 1.82) is 0 Å². The van der Waals surface area contributed by atoms with Crippen LogP contribution in [0.2, 0.25) is 0 Å². The van der Waals surface area contributed by atoms with Gasteiger partial charge < -0.3 is 19.5 Å². The van der Waals surface area contributed by atoms with Crippen molar-refractivity contribution in [3.63, 3.8) is 0 Å². The minimum Gasteiger partial charge on any atom is -0.459 e. The van der Waals surface area contributed by atoms with Gasteiger partial charge in [0.2, 0.25) is 5.89 Å². The van der Waals surface area contributed by atoms with Gasteiger partial charge in [0.05, 0.1) is 18.8 Å². The molecule has 0 saturated heterocycles. The van der Waals surface area contributed by atoms with Crippen LogP contribution >= 0.6 is 24.0 Å². The van der Waals surface area contributed by atoms with Crippen LogP contribution in [0.25, 0.3) is 11.0 Å². The van der Waals surface area contributed by atoms with Crippen molar-refractivity contribution in [2.75, 3.05) is 7.05 Å². The van der Waals surface area contributed by atoms with E-state index in [4.69, 9.17) is 8.83 Å².